The molecule has 0 aliphatic carbocycles. The average molecular weight is 334 g/mol. The summed E-state index contributed by atoms with van der Waals surface area (Å²) in [4.78, 5) is 0. The van der Waals surface area contributed by atoms with Gasteiger partial charge in [0.2, 0.25) is 0 Å². The molecule has 0 aliphatic heterocycles. The van der Waals surface area contributed by atoms with E-state index in [1.54, 1.807) is 0 Å². The number of nitrogens with two attached hydrogens (primary N) is 1. The molecule has 5 heteroatoms. The van der Waals surface area contributed by atoms with Crippen LogP contribution in [-0.2, 0) is 6.54 Å². The molecule has 0 radical (unpaired) electrons. The molecule has 0 aromatic heterocycles. The van der Waals surface area contributed by atoms with Gasteiger partial charge < -0.3 is 16.3 Å². The molecule has 20 heavy (non-hydrogen) atoms. The molecule has 0 fully saturated rings. The zero-order valence-corrected chi connectivity index (χ0v) is 12.7. The van der Waals surface area contributed by atoms with E-state index in [1.807, 2.05) is 42.5 Å². The van der Waals surface area contributed by atoms with E-state index in [9.17, 15) is 0 Å². The second-order valence-corrected chi connectivity index (χ2v) is 5.31. The van der Waals surface area contributed by atoms with Crippen LogP contribution in [0.25, 0.3) is 0 Å². The Hall–Kier alpha value is -2.01. The fraction of sp³-hybridized carbons (Fsp3) is 0.133. The molecule has 0 bridgehead atoms. The summed E-state index contributed by atoms with van der Waals surface area (Å²) in [6, 6.07) is 13.6. The lowest BCUT2D eigenvalue weighted by molar-refractivity contribution is 0.318. The number of amidine groups is 1. The SMILES string of the molecule is Cc1c(Br)cccc1NCc1cccc(/C(N)=N/O)c1. The first kappa shape index (κ1) is 14.4. The molecule has 0 heterocycles. The lowest BCUT2D eigenvalue weighted by atomic mass is 10.1. The highest BCUT2D eigenvalue weighted by Gasteiger charge is 2.03. The Morgan fingerprint density at radius 3 is 2.80 bits per heavy atom. The van der Waals surface area contributed by atoms with Gasteiger partial charge in [-0.2, -0.15) is 0 Å². The molecule has 104 valence electrons. The molecule has 2 rings (SSSR count). The Labute approximate surface area is 126 Å². The highest BCUT2D eigenvalue weighted by atomic mass is 79.9. The molecular formula is C15H16BrN3O. The van der Waals surface area contributed by atoms with Gasteiger partial charge in [0.25, 0.3) is 0 Å². The second-order valence-electron chi connectivity index (χ2n) is 4.45. The lowest BCUT2D eigenvalue weighted by Gasteiger charge is -2.11. The Morgan fingerprint density at radius 1 is 1.30 bits per heavy atom. The topological polar surface area (TPSA) is 70.6 Å². The van der Waals surface area contributed by atoms with Gasteiger partial charge in [-0.25, -0.2) is 0 Å². The van der Waals surface area contributed by atoms with E-state index >= 15 is 0 Å². The van der Waals surface area contributed by atoms with Crippen molar-refractivity contribution in [2.24, 2.45) is 10.9 Å². The predicted octanol–water partition coefficient (Wildman–Crippen LogP) is 3.46. The summed E-state index contributed by atoms with van der Waals surface area (Å²) < 4.78 is 1.08. The number of halogens is 1. The van der Waals surface area contributed by atoms with Crippen molar-refractivity contribution in [2.45, 2.75) is 13.5 Å². The molecule has 2 aromatic carbocycles. The quantitative estimate of drug-likeness (QED) is 0.347. The first-order valence-corrected chi connectivity index (χ1v) is 6.97. The molecule has 0 saturated heterocycles. The molecule has 2 aromatic rings. The highest BCUT2D eigenvalue weighted by Crippen LogP contribution is 2.23. The molecule has 4 N–H and O–H groups in total. The molecule has 0 unspecified atom stereocenters. The normalized spacial score (nSPS) is 11.4. The van der Waals surface area contributed by atoms with Gasteiger partial charge in [0.1, 0.15) is 0 Å². The fourth-order valence-corrected chi connectivity index (χ4v) is 2.26. The van der Waals surface area contributed by atoms with Gasteiger partial charge in [-0.15, -0.1) is 0 Å². The minimum atomic E-state index is 0.116. The van der Waals surface area contributed by atoms with Gasteiger partial charge >= 0.3 is 0 Å². The van der Waals surface area contributed by atoms with Crippen LogP contribution in [0, 0.1) is 6.92 Å². The van der Waals surface area contributed by atoms with Crippen LogP contribution in [0.5, 0.6) is 0 Å². The van der Waals surface area contributed by atoms with Crippen molar-refractivity contribution in [1.29, 1.82) is 0 Å². The van der Waals surface area contributed by atoms with E-state index in [0.29, 0.717) is 12.1 Å². The summed E-state index contributed by atoms with van der Waals surface area (Å²) >= 11 is 3.51. The van der Waals surface area contributed by atoms with Crippen molar-refractivity contribution in [3.05, 3.63) is 63.6 Å². The smallest absolute Gasteiger partial charge is 0.170 e. The molecule has 0 spiro atoms. The first-order valence-electron chi connectivity index (χ1n) is 6.17. The van der Waals surface area contributed by atoms with Crippen LogP contribution in [0.1, 0.15) is 16.7 Å². The Kier molecular flexibility index (Phi) is 4.63. The Bertz CT molecular complexity index is 641. The van der Waals surface area contributed by atoms with Gasteiger partial charge in [-0.3, -0.25) is 0 Å². The summed E-state index contributed by atoms with van der Waals surface area (Å²) in [7, 11) is 0. The van der Waals surface area contributed by atoms with Crippen molar-refractivity contribution in [1.82, 2.24) is 0 Å². The summed E-state index contributed by atoms with van der Waals surface area (Å²) in [5, 5.41) is 15.1. The van der Waals surface area contributed by atoms with Gasteiger partial charge in [-0.05, 0) is 36.2 Å². The molecule has 0 saturated carbocycles. The van der Waals surface area contributed by atoms with E-state index < -0.39 is 0 Å². The number of hydrogen-bond acceptors (Lipinski definition) is 3. The van der Waals surface area contributed by atoms with E-state index in [-0.39, 0.29) is 5.84 Å². The molecule has 0 aliphatic rings. The molecular weight excluding hydrogens is 318 g/mol. The van der Waals surface area contributed by atoms with Crippen molar-refractivity contribution < 1.29 is 5.21 Å². The van der Waals surface area contributed by atoms with Crippen LogP contribution < -0.4 is 11.1 Å². The number of rotatable bonds is 4. The number of nitrogens with zero attached hydrogens (tertiary/aromatic N) is 1. The number of hydrogen-bond donors (Lipinski definition) is 3. The largest absolute Gasteiger partial charge is 0.409 e. The van der Waals surface area contributed by atoms with Crippen LogP contribution in [-0.4, -0.2) is 11.0 Å². The summed E-state index contributed by atoms with van der Waals surface area (Å²) in [6.45, 7) is 2.73. The van der Waals surface area contributed by atoms with Crippen LogP contribution in [0.3, 0.4) is 0 Å². The lowest BCUT2D eigenvalue weighted by Crippen LogP contribution is -2.13. The van der Waals surface area contributed by atoms with Crippen molar-refractivity contribution in [2.75, 3.05) is 5.32 Å². The zero-order chi connectivity index (χ0) is 14.5. The van der Waals surface area contributed by atoms with Crippen LogP contribution >= 0.6 is 15.9 Å². The van der Waals surface area contributed by atoms with Gasteiger partial charge in [0, 0.05) is 22.3 Å². The minimum absolute atomic E-state index is 0.116. The van der Waals surface area contributed by atoms with Crippen LogP contribution in [0.2, 0.25) is 0 Å². The number of anilines is 1. The molecule has 0 amide bonds. The van der Waals surface area contributed by atoms with Crippen LogP contribution in [0.4, 0.5) is 5.69 Å². The number of oxime groups is 1. The van der Waals surface area contributed by atoms with Gasteiger partial charge in [0.05, 0.1) is 0 Å². The van der Waals surface area contributed by atoms with E-state index in [1.165, 1.54) is 5.56 Å². The summed E-state index contributed by atoms with van der Waals surface area (Å²) in [6.07, 6.45) is 0. The van der Waals surface area contributed by atoms with E-state index in [4.69, 9.17) is 10.9 Å². The standard InChI is InChI=1S/C15H16BrN3O/c1-10-13(16)6-3-7-14(10)18-9-11-4-2-5-12(8-11)15(17)19-20/h2-8,18,20H,9H2,1H3,(H2,17,19). The first-order chi connectivity index (χ1) is 9.61. The Balaban J connectivity index is 2.13. The third kappa shape index (κ3) is 3.30. The minimum Gasteiger partial charge on any atom is -0.409 e. The fourth-order valence-electron chi connectivity index (χ4n) is 1.89. The van der Waals surface area contributed by atoms with Gasteiger partial charge in [-0.1, -0.05) is 45.4 Å². The van der Waals surface area contributed by atoms with E-state index in [2.05, 4.69) is 33.3 Å². The third-order valence-electron chi connectivity index (χ3n) is 3.08. The second kappa shape index (κ2) is 6.43. The van der Waals surface area contributed by atoms with Crippen molar-refractivity contribution in [3.63, 3.8) is 0 Å². The van der Waals surface area contributed by atoms with Crippen molar-refractivity contribution >= 4 is 27.5 Å². The maximum Gasteiger partial charge on any atom is 0.170 e. The number of nitrogens with one attached hydrogen (secondary N) is 1. The van der Waals surface area contributed by atoms with Crippen LogP contribution in [0.15, 0.2) is 52.1 Å². The average Bonchev–Trinajstić information content (AvgIpc) is 2.48. The van der Waals surface area contributed by atoms with Crippen molar-refractivity contribution in [3.8, 4) is 0 Å². The zero-order valence-electron chi connectivity index (χ0n) is 11.1. The summed E-state index contributed by atoms with van der Waals surface area (Å²) in [5.74, 6) is 0.116. The van der Waals surface area contributed by atoms with Gasteiger partial charge in [0.15, 0.2) is 5.84 Å². The highest BCUT2D eigenvalue weighted by molar-refractivity contribution is 9.10. The maximum absolute atomic E-state index is 8.70. The predicted molar refractivity (Wildman–Crippen MR) is 85.2 cm³/mol. The monoisotopic (exact) mass is 333 g/mol. The Morgan fingerprint density at radius 2 is 2.05 bits per heavy atom. The third-order valence-corrected chi connectivity index (χ3v) is 3.94. The molecule has 0 atom stereocenters. The number of benzene rings is 2. The van der Waals surface area contributed by atoms with E-state index in [0.717, 1.165) is 15.7 Å². The maximum atomic E-state index is 8.70. The molecule has 4 nitrogen and oxygen atoms in total. The summed E-state index contributed by atoms with van der Waals surface area (Å²) in [5.41, 5.74) is 9.60.